The van der Waals surface area contributed by atoms with Gasteiger partial charge in [0, 0.05) is 25.7 Å². The number of aliphatic hydroxyl groups excluding tert-OH is 1. The molecule has 0 radical (unpaired) electrons. The van der Waals surface area contributed by atoms with Crippen LogP contribution in [0.1, 0.15) is 350 Å². The van der Waals surface area contributed by atoms with Crippen molar-refractivity contribution in [3.8, 4) is 0 Å². The predicted molar refractivity (Wildman–Crippen MR) is 358 cm³/mol. The third-order valence-electron chi connectivity index (χ3n) is 17.2. The van der Waals surface area contributed by atoms with Crippen molar-refractivity contribution in [2.24, 2.45) is 17.8 Å². The first-order valence-electron chi connectivity index (χ1n) is 36.5. The Morgan fingerprint density at radius 3 is 0.798 bits per heavy atom. The molecule has 0 rings (SSSR count). The highest BCUT2D eigenvalue weighted by atomic mass is 31.2. The van der Waals surface area contributed by atoms with Crippen LogP contribution in [0.5, 0.6) is 0 Å². The summed E-state index contributed by atoms with van der Waals surface area (Å²) in [6, 6.07) is 0. The first-order chi connectivity index (χ1) is 42.8. The Morgan fingerprint density at radius 2 is 0.539 bits per heavy atom. The van der Waals surface area contributed by atoms with E-state index in [1.165, 1.54) is 161 Å². The highest BCUT2D eigenvalue weighted by Gasteiger charge is 2.30. The van der Waals surface area contributed by atoms with Gasteiger partial charge in [0.15, 0.2) is 12.2 Å². The number of carbonyl (C=O) groups is 4. The number of unbranched alkanes of at least 4 members (excludes halogenated alkanes) is 33. The molecule has 0 heterocycles. The fraction of sp³-hybridized carbons (Fsp3) is 0.943. The van der Waals surface area contributed by atoms with Crippen molar-refractivity contribution in [1.29, 1.82) is 0 Å². The highest BCUT2D eigenvalue weighted by Crippen LogP contribution is 2.45. The standard InChI is InChI=1S/C70H136O17P2/c1-8-12-13-14-15-16-17-21-30-37-44-51-67(72)80-57-66(87-70(75)54-47-40-33-26-24-29-36-43-50-63(7)11-4)60-85-89(78,79)83-56-64(71)55-82-88(76,77)84-59-65(58-81-68(73)52-45-38-31-25-23-28-35-42-49-62(6)10-3)86-69(74)53-46-39-32-22-19-18-20-27-34-41-48-61(5)9-2/h61-66,71H,8-60H2,1-7H3,(H,76,77)(H,78,79)/t61?,62?,63?,64-,65-,66-/m1/s1. The van der Waals surface area contributed by atoms with E-state index in [0.29, 0.717) is 25.7 Å². The molecule has 19 heteroatoms. The average molecular weight is 1310 g/mol. The Labute approximate surface area is 543 Å². The fourth-order valence-corrected chi connectivity index (χ4v) is 12.0. The van der Waals surface area contributed by atoms with Crippen molar-refractivity contribution in [3.05, 3.63) is 0 Å². The molecule has 8 atom stereocenters. The molecule has 0 bridgehead atoms. The van der Waals surface area contributed by atoms with Crippen molar-refractivity contribution in [2.45, 2.75) is 369 Å². The zero-order valence-electron chi connectivity index (χ0n) is 57.9. The van der Waals surface area contributed by atoms with Gasteiger partial charge >= 0.3 is 39.5 Å². The topological polar surface area (TPSA) is 237 Å². The molecular formula is C70H136O17P2. The Balaban J connectivity index is 5.28. The van der Waals surface area contributed by atoms with Crippen LogP contribution in [0.15, 0.2) is 0 Å². The molecule has 0 aliphatic rings. The number of phosphoric acid groups is 2. The molecule has 3 N–H and O–H groups in total. The summed E-state index contributed by atoms with van der Waals surface area (Å²) in [6.45, 7) is 11.9. The fourth-order valence-electron chi connectivity index (χ4n) is 10.4. The van der Waals surface area contributed by atoms with E-state index in [1.54, 1.807) is 0 Å². The molecule has 0 saturated heterocycles. The Hall–Kier alpha value is -1.94. The lowest BCUT2D eigenvalue weighted by atomic mass is 9.99. The quantitative estimate of drug-likeness (QED) is 0.0222. The van der Waals surface area contributed by atoms with E-state index >= 15 is 0 Å². The minimum Gasteiger partial charge on any atom is -0.462 e. The molecule has 0 aromatic carbocycles. The van der Waals surface area contributed by atoms with Crippen molar-refractivity contribution < 1.29 is 80.2 Å². The molecule has 17 nitrogen and oxygen atoms in total. The lowest BCUT2D eigenvalue weighted by molar-refractivity contribution is -0.161. The van der Waals surface area contributed by atoms with Crippen LogP contribution >= 0.6 is 15.6 Å². The summed E-state index contributed by atoms with van der Waals surface area (Å²) < 4.78 is 68.3. The van der Waals surface area contributed by atoms with Gasteiger partial charge in [0.05, 0.1) is 26.4 Å². The van der Waals surface area contributed by atoms with Gasteiger partial charge in [-0.3, -0.25) is 37.3 Å². The lowest BCUT2D eigenvalue weighted by Crippen LogP contribution is -2.30. The maximum absolute atomic E-state index is 13.0. The number of hydrogen-bond donors (Lipinski definition) is 3. The summed E-state index contributed by atoms with van der Waals surface area (Å²) in [4.78, 5) is 72.6. The van der Waals surface area contributed by atoms with Crippen molar-refractivity contribution in [2.75, 3.05) is 39.6 Å². The molecule has 89 heavy (non-hydrogen) atoms. The third kappa shape index (κ3) is 60.7. The summed E-state index contributed by atoms with van der Waals surface area (Å²) in [7, 11) is -9.90. The number of ether oxygens (including phenoxy) is 4. The molecule has 0 aliphatic heterocycles. The second kappa shape index (κ2) is 61.0. The monoisotopic (exact) mass is 1310 g/mol. The van der Waals surface area contributed by atoms with E-state index in [4.69, 9.17) is 37.0 Å². The van der Waals surface area contributed by atoms with Crippen molar-refractivity contribution >= 4 is 39.5 Å². The number of carbonyl (C=O) groups excluding carboxylic acids is 4. The van der Waals surface area contributed by atoms with Crippen molar-refractivity contribution in [3.63, 3.8) is 0 Å². The van der Waals surface area contributed by atoms with E-state index in [1.807, 2.05) is 0 Å². The molecule has 528 valence electrons. The van der Waals surface area contributed by atoms with Gasteiger partial charge in [0.25, 0.3) is 0 Å². The zero-order valence-corrected chi connectivity index (χ0v) is 59.7. The average Bonchev–Trinajstić information content (AvgIpc) is 3.72. The van der Waals surface area contributed by atoms with Gasteiger partial charge in [-0.1, -0.05) is 299 Å². The predicted octanol–water partition coefficient (Wildman–Crippen LogP) is 19.8. The highest BCUT2D eigenvalue weighted by molar-refractivity contribution is 7.47. The number of phosphoric ester groups is 2. The molecule has 0 aliphatic carbocycles. The molecule has 0 aromatic rings. The molecular weight excluding hydrogens is 1170 g/mol. The number of rotatable bonds is 68. The largest absolute Gasteiger partial charge is 0.472 e. The van der Waals surface area contributed by atoms with Crippen LogP contribution < -0.4 is 0 Å². The van der Waals surface area contributed by atoms with Crippen LogP contribution in [0.3, 0.4) is 0 Å². The molecule has 5 unspecified atom stereocenters. The van der Waals surface area contributed by atoms with Crippen LogP contribution in [-0.2, 0) is 65.4 Å². The lowest BCUT2D eigenvalue weighted by Gasteiger charge is -2.21. The zero-order chi connectivity index (χ0) is 65.9. The minimum atomic E-state index is -4.95. The summed E-state index contributed by atoms with van der Waals surface area (Å²) in [6.07, 6.45) is 44.1. The Morgan fingerprint density at radius 1 is 0.315 bits per heavy atom. The third-order valence-corrected chi connectivity index (χ3v) is 19.1. The summed E-state index contributed by atoms with van der Waals surface area (Å²) in [5.74, 6) is 0.223. The van der Waals surface area contributed by atoms with E-state index in [9.17, 15) is 43.2 Å². The Bertz CT molecular complexity index is 1760. The number of hydrogen-bond acceptors (Lipinski definition) is 15. The van der Waals surface area contributed by atoms with Crippen LogP contribution in [0.25, 0.3) is 0 Å². The molecule has 0 fully saturated rings. The first-order valence-corrected chi connectivity index (χ1v) is 39.5. The molecule has 0 aromatic heterocycles. The SMILES string of the molecule is CCCCCCCCCCCCCC(=O)OC[C@H](COP(=O)(O)OC[C@H](O)COP(=O)(O)OC[C@@H](COC(=O)CCCCCCCCCCC(C)CC)OC(=O)CCCCCCCCCCCCC(C)CC)OC(=O)CCCCCCCCCCC(C)CC. The van der Waals surface area contributed by atoms with Gasteiger partial charge in [0.2, 0.25) is 0 Å². The molecule has 0 amide bonds. The van der Waals surface area contributed by atoms with Gasteiger partial charge in [-0.25, -0.2) is 9.13 Å². The smallest absolute Gasteiger partial charge is 0.462 e. The number of esters is 4. The molecule has 0 spiro atoms. The van der Waals surface area contributed by atoms with E-state index in [-0.39, 0.29) is 25.7 Å². The second-order valence-corrected chi connectivity index (χ2v) is 28.9. The van der Waals surface area contributed by atoms with Crippen LogP contribution in [-0.4, -0.2) is 96.7 Å². The van der Waals surface area contributed by atoms with E-state index in [2.05, 4.69) is 48.5 Å². The maximum atomic E-state index is 13.0. The van der Waals surface area contributed by atoms with Crippen LogP contribution in [0, 0.1) is 17.8 Å². The van der Waals surface area contributed by atoms with Crippen molar-refractivity contribution in [1.82, 2.24) is 0 Å². The summed E-state index contributed by atoms with van der Waals surface area (Å²) >= 11 is 0. The second-order valence-electron chi connectivity index (χ2n) is 26.0. The normalized spacial score (nSPS) is 15.1. The maximum Gasteiger partial charge on any atom is 0.472 e. The van der Waals surface area contributed by atoms with E-state index in [0.717, 1.165) is 108 Å². The van der Waals surface area contributed by atoms with Crippen LogP contribution in [0.4, 0.5) is 0 Å². The van der Waals surface area contributed by atoms with Gasteiger partial charge in [-0.2, -0.15) is 0 Å². The van der Waals surface area contributed by atoms with Gasteiger partial charge in [0.1, 0.15) is 19.3 Å². The van der Waals surface area contributed by atoms with Gasteiger partial charge < -0.3 is 33.8 Å². The molecule has 0 saturated carbocycles. The summed E-state index contributed by atoms with van der Waals surface area (Å²) in [5, 5.41) is 10.6. The number of aliphatic hydroxyl groups is 1. The first kappa shape index (κ1) is 87.1. The van der Waals surface area contributed by atoms with Crippen LogP contribution in [0.2, 0.25) is 0 Å². The van der Waals surface area contributed by atoms with E-state index < -0.39 is 97.5 Å². The van der Waals surface area contributed by atoms with Gasteiger partial charge in [-0.05, 0) is 43.4 Å². The van der Waals surface area contributed by atoms with Gasteiger partial charge in [-0.15, -0.1) is 0 Å². The minimum absolute atomic E-state index is 0.105. The summed E-state index contributed by atoms with van der Waals surface area (Å²) in [5.41, 5.74) is 0. The Kier molecular flexibility index (Phi) is 59.6.